The Morgan fingerprint density at radius 3 is 2.63 bits per heavy atom. The van der Waals surface area contributed by atoms with Gasteiger partial charge in [-0.15, -0.1) is 0 Å². The zero-order valence-corrected chi connectivity index (χ0v) is 11.8. The number of aliphatic carboxylic acids is 1. The summed E-state index contributed by atoms with van der Waals surface area (Å²) in [6, 6.07) is -0.892. The molecule has 2 fully saturated rings. The lowest BCUT2D eigenvalue weighted by Gasteiger charge is -2.37. The number of amides is 2. The number of likely N-dealkylation sites (tertiary alicyclic amines) is 1. The zero-order chi connectivity index (χ0) is 14.0. The van der Waals surface area contributed by atoms with Crippen molar-refractivity contribution >= 4 is 12.0 Å². The Kier molecular flexibility index (Phi) is 4.32. The molecule has 108 valence electrons. The summed E-state index contributed by atoms with van der Waals surface area (Å²) in [7, 11) is 0. The number of rotatable bonds is 4. The van der Waals surface area contributed by atoms with Gasteiger partial charge in [0.05, 0.1) is 0 Å². The highest BCUT2D eigenvalue weighted by Gasteiger charge is 2.37. The Morgan fingerprint density at radius 2 is 2.05 bits per heavy atom. The molecule has 3 atom stereocenters. The summed E-state index contributed by atoms with van der Waals surface area (Å²) >= 11 is 0. The molecule has 1 saturated heterocycles. The van der Waals surface area contributed by atoms with Gasteiger partial charge in [-0.3, -0.25) is 0 Å². The molecule has 0 aromatic carbocycles. The third-order valence-corrected chi connectivity index (χ3v) is 4.45. The molecule has 5 heteroatoms. The van der Waals surface area contributed by atoms with Crippen molar-refractivity contribution in [1.82, 2.24) is 10.2 Å². The molecule has 0 spiro atoms. The molecule has 2 aliphatic rings. The normalized spacial score (nSPS) is 28.8. The molecule has 0 aromatic rings. The number of carboxylic acids is 1. The number of carbonyl (C=O) groups excluding carboxylic acids is 1. The van der Waals surface area contributed by atoms with Crippen LogP contribution in [0.25, 0.3) is 0 Å². The van der Waals surface area contributed by atoms with Crippen LogP contribution in [0, 0.1) is 17.8 Å². The summed E-state index contributed by atoms with van der Waals surface area (Å²) in [5, 5.41) is 12.2. The van der Waals surface area contributed by atoms with Crippen molar-refractivity contribution in [2.75, 3.05) is 13.1 Å². The standard InChI is InChI=1S/C14H24N2O3/c1-9-4-3-7-16(12(9)13(17)18)14(19)15-8-10(2)11-5-6-11/h9-12H,3-8H2,1-2H3,(H,15,19)(H,17,18). The van der Waals surface area contributed by atoms with Gasteiger partial charge in [-0.05, 0) is 43.4 Å². The van der Waals surface area contributed by atoms with E-state index in [-0.39, 0.29) is 11.9 Å². The minimum atomic E-state index is -0.891. The fourth-order valence-corrected chi connectivity index (χ4v) is 2.97. The molecule has 2 amide bonds. The fourth-order valence-electron chi connectivity index (χ4n) is 2.97. The molecule has 5 nitrogen and oxygen atoms in total. The Bertz CT molecular complexity index is 355. The lowest BCUT2D eigenvalue weighted by atomic mass is 9.91. The summed E-state index contributed by atoms with van der Waals surface area (Å²) in [5.41, 5.74) is 0. The quantitative estimate of drug-likeness (QED) is 0.818. The van der Waals surface area contributed by atoms with Crippen molar-refractivity contribution in [2.45, 2.75) is 45.6 Å². The van der Waals surface area contributed by atoms with Crippen LogP contribution in [0.4, 0.5) is 4.79 Å². The van der Waals surface area contributed by atoms with Crippen LogP contribution >= 0.6 is 0 Å². The van der Waals surface area contributed by atoms with Crippen LogP contribution in [0.3, 0.4) is 0 Å². The Labute approximate surface area is 114 Å². The number of urea groups is 1. The Balaban J connectivity index is 1.89. The van der Waals surface area contributed by atoms with E-state index in [0.717, 1.165) is 18.8 Å². The summed E-state index contributed by atoms with van der Waals surface area (Å²) < 4.78 is 0. The Morgan fingerprint density at radius 1 is 1.37 bits per heavy atom. The van der Waals surface area contributed by atoms with Crippen LogP contribution in [0.2, 0.25) is 0 Å². The molecule has 1 aliphatic carbocycles. The van der Waals surface area contributed by atoms with Crippen molar-refractivity contribution in [3.8, 4) is 0 Å². The predicted molar refractivity (Wildman–Crippen MR) is 71.8 cm³/mol. The van der Waals surface area contributed by atoms with Crippen LogP contribution in [-0.2, 0) is 4.79 Å². The van der Waals surface area contributed by atoms with E-state index >= 15 is 0 Å². The molecule has 0 radical (unpaired) electrons. The van der Waals surface area contributed by atoms with Gasteiger partial charge in [0.1, 0.15) is 6.04 Å². The highest BCUT2D eigenvalue weighted by Crippen LogP contribution is 2.36. The molecule has 1 heterocycles. The maximum atomic E-state index is 12.2. The van der Waals surface area contributed by atoms with E-state index in [1.54, 1.807) is 0 Å². The molecule has 3 unspecified atom stereocenters. The average Bonchev–Trinajstić information content (AvgIpc) is 3.18. The number of hydrogen-bond donors (Lipinski definition) is 2. The first-order valence-corrected chi connectivity index (χ1v) is 7.28. The zero-order valence-electron chi connectivity index (χ0n) is 11.8. The number of hydrogen-bond acceptors (Lipinski definition) is 2. The molecule has 1 aliphatic heterocycles. The number of carbonyl (C=O) groups is 2. The second kappa shape index (κ2) is 5.80. The van der Waals surface area contributed by atoms with Gasteiger partial charge in [-0.2, -0.15) is 0 Å². The molecular weight excluding hydrogens is 244 g/mol. The topological polar surface area (TPSA) is 69.6 Å². The average molecular weight is 268 g/mol. The second-order valence-electron chi connectivity index (χ2n) is 6.10. The van der Waals surface area contributed by atoms with Gasteiger partial charge in [-0.1, -0.05) is 13.8 Å². The van der Waals surface area contributed by atoms with E-state index in [0.29, 0.717) is 19.0 Å². The van der Waals surface area contributed by atoms with Gasteiger partial charge in [-0.25, -0.2) is 9.59 Å². The number of nitrogens with one attached hydrogen (secondary N) is 1. The molecule has 1 saturated carbocycles. The first-order chi connectivity index (χ1) is 9.00. The summed E-state index contributed by atoms with van der Waals surface area (Å²) in [4.78, 5) is 25.0. The van der Waals surface area contributed by atoms with Crippen molar-refractivity contribution < 1.29 is 14.7 Å². The van der Waals surface area contributed by atoms with E-state index in [4.69, 9.17) is 0 Å². The number of piperidine rings is 1. The third-order valence-electron chi connectivity index (χ3n) is 4.45. The highest BCUT2D eigenvalue weighted by atomic mass is 16.4. The first-order valence-electron chi connectivity index (χ1n) is 7.28. The van der Waals surface area contributed by atoms with Gasteiger partial charge in [0, 0.05) is 13.1 Å². The molecule has 0 aromatic heterocycles. The monoisotopic (exact) mass is 268 g/mol. The molecule has 2 N–H and O–H groups in total. The second-order valence-corrected chi connectivity index (χ2v) is 6.10. The van der Waals surface area contributed by atoms with E-state index in [2.05, 4.69) is 12.2 Å². The van der Waals surface area contributed by atoms with E-state index < -0.39 is 12.0 Å². The van der Waals surface area contributed by atoms with Crippen LogP contribution in [0.1, 0.15) is 39.5 Å². The van der Waals surface area contributed by atoms with Crippen LogP contribution in [-0.4, -0.2) is 41.1 Å². The lowest BCUT2D eigenvalue weighted by Crippen LogP contribution is -2.55. The van der Waals surface area contributed by atoms with Gasteiger partial charge < -0.3 is 15.3 Å². The molecule has 19 heavy (non-hydrogen) atoms. The van der Waals surface area contributed by atoms with Gasteiger partial charge >= 0.3 is 12.0 Å². The molecule has 2 rings (SSSR count). The minimum Gasteiger partial charge on any atom is -0.480 e. The summed E-state index contributed by atoms with van der Waals surface area (Å²) in [6.45, 7) is 5.25. The van der Waals surface area contributed by atoms with Gasteiger partial charge in [0.15, 0.2) is 0 Å². The van der Waals surface area contributed by atoms with E-state index in [1.807, 2.05) is 6.92 Å². The maximum absolute atomic E-state index is 12.2. The smallest absolute Gasteiger partial charge is 0.326 e. The summed E-state index contributed by atoms with van der Waals surface area (Å²) in [6.07, 6.45) is 4.28. The van der Waals surface area contributed by atoms with Crippen molar-refractivity contribution in [3.63, 3.8) is 0 Å². The highest BCUT2D eigenvalue weighted by molar-refractivity contribution is 5.83. The number of nitrogens with zero attached hydrogens (tertiary/aromatic N) is 1. The van der Waals surface area contributed by atoms with Crippen molar-refractivity contribution in [3.05, 3.63) is 0 Å². The first kappa shape index (κ1) is 14.2. The van der Waals surface area contributed by atoms with E-state index in [9.17, 15) is 14.7 Å². The van der Waals surface area contributed by atoms with Gasteiger partial charge in [0.2, 0.25) is 0 Å². The number of carboxylic acid groups (broad SMARTS) is 1. The van der Waals surface area contributed by atoms with E-state index in [1.165, 1.54) is 17.7 Å². The van der Waals surface area contributed by atoms with Crippen LogP contribution < -0.4 is 5.32 Å². The minimum absolute atomic E-state index is 0.0258. The largest absolute Gasteiger partial charge is 0.480 e. The lowest BCUT2D eigenvalue weighted by molar-refractivity contribution is -0.145. The third kappa shape index (κ3) is 3.39. The maximum Gasteiger partial charge on any atom is 0.326 e. The van der Waals surface area contributed by atoms with Crippen LogP contribution in [0.5, 0.6) is 0 Å². The Hall–Kier alpha value is -1.26. The van der Waals surface area contributed by atoms with Crippen molar-refractivity contribution in [1.29, 1.82) is 0 Å². The molecular formula is C14H24N2O3. The SMILES string of the molecule is CC(CNC(=O)N1CCCC(C)C1C(=O)O)C1CC1. The van der Waals surface area contributed by atoms with Gasteiger partial charge in [0.25, 0.3) is 0 Å². The summed E-state index contributed by atoms with van der Waals surface area (Å²) in [5.74, 6) is 0.376. The fraction of sp³-hybridized carbons (Fsp3) is 0.857. The molecule has 0 bridgehead atoms. The van der Waals surface area contributed by atoms with Crippen LogP contribution in [0.15, 0.2) is 0 Å². The van der Waals surface area contributed by atoms with Crippen molar-refractivity contribution in [2.24, 2.45) is 17.8 Å². The predicted octanol–water partition coefficient (Wildman–Crippen LogP) is 1.93.